The molecule has 1 aromatic heterocycles. The van der Waals surface area contributed by atoms with Crippen LogP contribution < -0.4 is 5.32 Å². The molecule has 1 aromatic rings. The van der Waals surface area contributed by atoms with Gasteiger partial charge < -0.3 is 5.32 Å². The highest BCUT2D eigenvalue weighted by Crippen LogP contribution is 2.15. The van der Waals surface area contributed by atoms with Crippen molar-refractivity contribution in [1.82, 2.24) is 9.78 Å². The maximum absolute atomic E-state index is 4.31. The topological polar surface area (TPSA) is 29.9 Å². The minimum atomic E-state index is 0.586. The predicted octanol–water partition coefficient (Wildman–Crippen LogP) is 2.72. The quantitative estimate of drug-likeness (QED) is 0.783. The van der Waals surface area contributed by atoms with Crippen molar-refractivity contribution in [3.63, 3.8) is 0 Å². The maximum atomic E-state index is 4.31. The van der Waals surface area contributed by atoms with Crippen molar-refractivity contribution in [1.29, 1.82) is 0 Å². The molecule has 0 saturated heterocycles. The Kier molecular flexibility index (Phi) is 3.98. The summed E-state index contributed by atoms with van der Waals surface area (Å²) in [5.74, 6) is 0. The Bertz CT molecular complexity index is 278. The molecule has 14 heavy (non-hydrogen) atoms. The van der Waals surface area contributed by atoms with Crippen LogP contribution >= 0.6 is 0 Å². The molecule has 0 radical (unpaired) electrons. The molecular weight excluding hydrogens is 174 g/mol. The molecule has 0 amide bonds. The number of hydrogen-bond acceptors (Lipinski definition) is 2. The lowest BCUT2D eigenvalue weighted by molar-refractivity contribution is 0.622. The summed E-state index contributed by atoms with van der Waals surface area (Å²) in [5.41, 5.74) is 2.26. The predicted molar refractivity (Wildman–Crippen MR) is 60.6 cm³/mol. The Morgan fingerprint density at radius 2 is 2.21 bits per heavy atom. The highest BCUT2D eigenvalue weighted by atomic mass is 15.3. The standard InChI is InChI=1S/C11H21N3/c1-5-7-10(6-2)12-11-8-14(4)13-9(11)3/h8,10,12H,5-7H2,1-4H3. The summed E-state index contributed by atoms with van der Waals surface area (Å²) in [6.45, 7) is 6.49. The minimum absolute atomic E-state index is 0.586. The van der Waals surface area contributed by atoms with Crippen molar-refractivity contribution >= 4 is 5.69 Å². The Hall–Kier alpha value is -0.990. The van der Waals surface area contributed by atoms with Crippen LogP contribution in [0, 0.1) is 6.92 Å². The van der Waals surface area contributed by atoms with E-state index >= 15 is 0 Å². The third-order valence-corrected chi connectivity index (χ3v) is 2.50. The van der Waals surface area contributed by atoms with Gasteiger partial charge in [0, 0.05) is 19.3 Å². The Morgan fingerprint density at radius 3 is 2.64 bits per heavy atom. The molecule has 1 heterocycles. The highest BCUT2D eigenvalue weighted by Gasteiger charge is 2.08. The lowest BCUT2D eigenvalue weighted by Crippen LogP contribution is -2.18. The van der Waals surface area contributed by atoms with Crippen LogP contribution in [-0.4, -0.2) is 15.8 Å². The van der Waals surface area contributed by atoms with E-state index in [1.165, 1.54) is 24.9 Å². The third kappa shape index (κ3) is 2.76. The van der Waals surface area contributed by atoms with Gasteiger partial charge in [-0.1, -0.05) is 20.3 Å². The van der Waals surface area contributed by atoms with Gasteiger partial charge in [0.15, 0.2) is 0 Å². The minimum Gasteiger partial charge on any atom is -0.380 e. The summed E-state index contributed by atoms with van der Waals surface area (Å²) in [5, 5.41) is 7.85. The van der Waals surface area contributed by atoms with Crippen molar-refractivity contribution < 1.29 is 0 Å². The van der Waals surface area contributed by atoms with Gasteiger partial charge in [-0.25, -0.2) is 0 Å². The molecule has 3 heteroatoms. The molecule has 0 bridgehead atoms. The van der Waals surface area contributed by atoms with Gasteiger partial charge in [0.25, 0.3) is 0 Å². The first-order valence-electron chi connectivity index (χ1n) is 5.44. The Labute approximate surface area is 86.5 Å². The van der Waals surface area contributed by atoms with Gasteiger partial charge >= 0.3 is 0 Å². The molecule has 1 rings (SSSR count). The average molecular weight is 195 g/mol. The van der Waals surface area contributed by atoms with Crippen LogP contribution in [0.15, 0.2) is 6.20 Å². The van der Waals surface area contributed by atoms with Crippen molar-refractivity contribution in [2.75, 3.05) is 5.32 Å². The van der Waals surface area contributed by atoms with Crippen LogP contribution in [0.4, 0.5) is 5.69 Å². The van der Waals surface area contributed by atoms with Crippen LogP contribution in [0.2, 0.25) is 0 Å². The fourth-order valence-corrected chi connectivity index (χ4v) is 1.69. The molecule has 0 spiro atoms. The molecule has 80 valence electrons. The van der Waals surface area contributed by atoms with E-state index in [0.29, 0.717) is 6.04 Å². The molecule has 0 fully saturated rings. The number of hydrogen-bond donors (Lipinski definition) is 1. The van der Waals surface area contributed by atoms with Crippen molar-refractivity contribution in [3.8, 4) is 0 Å². The fraction of sp³-hybridized carbons (Fsp3) is 0.727. The second kappa shape index (κ2) is 5.03. The summed E-state index contributed by atoms with van der Waals surface area (Å²) in [6, 6.07) is 0.586. The first-order valence-corrected chi connectivity index (χ1v) is 5.44. The zero-order valence-corrected chi connectivity index (χ0v) is 9.67. The monoisotopic (exact) mass is 195 g/mol. The van der Waals surface area contributed by atoms with Crippen LogP contribution in [0.5, 0.6) is 0 Å². The molecule has 0 saturated carbocycles. The first kappa shape index (κ1) is 11.1. The average Bonchev–Trinajstić information content (AvgIpc) is 2.44. The van der Waals surface area contributed by atoms with Crippen molar-refractivity contribution in [3.05, 3.63) is 11.9 Å². The van der Waals surface area contributed by atoms with Gasteiger partial charge in [-0.3, -0.25) is 4.68 Å². The smallest absolute Gasteiger partial charge is 0.0825 e. The molecule has 0 aliphatic rings. The number of rotatable bonds is 5. The van der Waals surface area contributed by atoms with E-state index in [-0.39, 0.29) is 0 Å². The molecule has 1 atom stereocenters. The number of nitrogens with one attached hydrogen (secondary N) is 1. The summed E-state index contributed by atoms with van der Waals surface area (Å²) in [6.07, 6.45) is 5.67. The van der Waals surface area contributed by atoms with Gasteiger partial charge in [-0.15, -0.1) is 0 Å². The van der Waals surface area contributed by atoms with Crippen molar-refractivity contribution in [2.45, 2.75) is 46.1 Å². The molecule has 0 aliphatic heterocycles. The van der Waals surface area contributed by atoms with E-state index in [1.807, 2.05) is 24.9 Å². The lowest BCUT2D eigenvalue weighted by atomic mass is 10.1. The second-order valence-electron chi connectivity index (χ2n) is 3.84. The summed E-state index contributed by atoms with van der Waals surface area (Å²) >= 11 is 0. The van der Waals surface area contributed by atoms with E-state index in [9.17, 15) is 0 Å². The maximum Gasteiger partial charge on any atom is 0.0825 e. The second-order valence-corrected chi connectivity index (χ2v) is 3.84. The molecule has 0 aliphatic carbocycles. The van der Waals surface area contributed by atoms with Crippen molar-refractivity contribution in [2.24, 2.45) is 7.05 Å². The molecule has 1 N–H and O–H groups in total. The summed E-state index contributed by atoms with van der Waals surface area (Å²) in [7, 11) is 1.96. The fourth-order valence-electron chi connectivity index (χ4n) is 1.69. The largest absolute Gasteiger partial charge is 0.380 e. The van der Waals surface area contributed by atoms with Gasteiger partial charge in [0.2, 0.25) is 0 Å². The van der Waals surface area contributed by atoms with E-state index in [0.717, 1.165) is 5.69 Å². The molecular formula is C11H21N3. The zero-order valence-electron chi connectivity index (χ0n) is 9.67. The highest BCUT2D eigenvalue weighted by molar-refractivity contribution is 5.46. The molecule has 0 aromatic carbocycles. The van der Waals surface area contributed by atoms with Crippen LogP contribution in [0.1, 0.15) is 38.8 Å². The SMILES string of the molecule is CCCC(CC)Nc1cn(C)nc1C. The van der Waals surface area contributed by atoms with Gasteiger partial charge in [0.05, 0.1) is 11.4 Å². The van der Waals surface area contributed by atoms with E-state index in [2.05, 4.69) is 24.3 Å². The van der Waals surface area contributed by atoms with Crippen LogP contribution in [0.25, 0.3) is 0 Å². The normalized spacial score (nSPS) is 12.9. The Morgan fingerprint density at radius 1 is 1.50 bits per heavy atom. The molecule has 3 nitrogen and oxygen atoms in total. The third-order valence-electron chi connectivity index (χ3n) is 2.50. The van der Waals surface area contributed by atoms with Gasteiger partial charge in [0.1, 0.15) is 0 Å². The number of anilines is 1. The van der Waals surface area contributed by atoms with Gasteiger partial charge in [-0.05, 0) is 19.8 Å². The van der Waals surface area contributed by atoms with Gasteiger partial charge in [-0.2, -0.15) is 5.10 Å². The number of nitrogens with zero attached hydrogens (tertiary/aromatic N) is 2. The summed E-state index contributed by atoms with van der Waals surface area (Å²) in [4.78, 5) is 0. The first-order chi connectivity index (χ1) is 6.67. The van der Waals surface area contributed by atoms with E-state index in [4.69, 9.17) is 0 Å². The Balaban J connectivity index is 2.61. The van der Waals surface area contributed by atoms with E-state index in [1.54, 1.807) is 0 Å². The van der Waals surface area contributed by atoms with Crippen LogP contribution in [0.3, 0.4) is 0 Å². The summed E-state index contributed by atoms with van der Waals surface area (Å²) < 4.78 is 1.86. The lowest BCUT2D eigenvalue weighted by Gasteiger charge is -2.16. The van der Waals surface area contributed by atoms with Crippen LogP contribution in [-0.2, 0) is 7.05 Å². The zero-order chi connectivity index (χ0) is 10.6. The molecule has 1 unspecified atom stereocenters. The number of aromatic nitrogens is 2. The number of aryl methyl sites for hydroxylation is 2. The van der Waals surface area contributed by atoms with E-state index < -0.39 is 0 Å².